The number of benzene rings is 1. The second-order valence-corrected chi connectivity index (χ2v) is 6.04. The van der Waals surface area contributed by atoms with Crippen molar-refractivity contribution >= 4 is 6.03 Å². The van der Waals surface area contributed by atoms with Gasteiger partial charge in [0.1, 0.15) is 0 Å². The largest absolute Gasteiger partial charge is 0.334 e. The van der Waals surface area contributed by atoms with E-state index in [1.165, 1.54) is 0 Å². The van der Waals surface area contributed by atoms with Crippen molar-refractivity contribution in [3.05, 3.63) is 35.9 Å². The molecule has 0 unspecified atom stereocenters. The number of carbonyl (C=O) groups is 1. The van der Waals surface area contributed by atoms with Crippen LogP contribution in [0.25, 0.3) is 0 Å². The lowest BCUT2D eigenvalue weighted by Crippen LogP contribution is -2.65. The molecular weight excluding hydrogens is 264 g/mol. The van der Waals surface area contributed by atoms with E-state index < -0.39 is 0 Å². The number of nitrogens with zero attached hydrogens (tertiary/aromatic N) is 3. The van der Waals surface area contributed by atoms with E-state index in [1.807, 2.05) is 35.2 Å². The van der Waals surface area contributed by atoms with E-state index in [1.54, 1.807) is 0 Å². The minimum Gasteiger partial charge on any atom is -0.334 e. The van der Waals surface area contributed by atoms with Crippen molar-refractivity contribution in [1.29, 1.82) is 0 Å². The Hall–Kier alpha value is -1.59. The fraction of sp³-hybridized carbons (Fsp3) is 0.562. The van der Waals surface area contributed by atoms with E-state index in [0.717, 1.165) is 44.8 Å². The Morgan fingerprint density at radius 3 is 2.48 bits per heavy atom. The summed E-state index contributed by atoms with van der Waals surface area (Å²) in [5.74, 6) is 0. The monoisotopic (exact) mass is 288 g/mol. The smallest absolute Gasteiger partial charge is 0.317 e. The minimum atomic E-state index is 0.0595. The molecule has 114 valence electrons. The van der Waals surface area contributed by atoms with E-state index >= 15 is 0 Å². The number of hydrogen-bond acceptors (Lipinski definition) is 3. The fourth-order valence-corrected chi connectivity index (χ4v) is 2.92. The second-order valence-electron chi connectivity index (χ2n) is 6.04. The molecule has 0 atom stereocenters. The average Bonchev–Trinajstić information content (AvgIpc) is 2.47. The molecule has 0 bridgehead atoms. The van der Waals surface area contributed by atoms with Crippen molar-refractivity contribution < 1.29 is 4.79 Å². The van der Waals surface area contributed by atoms with Crippen molar-refractivity contribution in [2.75, 3.05) is 46.3 Å². The number of urea groups is 1. The maximum atomic E-state index is 12.1. The molecule has 0 aliphatic carbocycles. The standard InChI is InChI=1S/C16H24N4O/c1-18-7-9-19(10-8-18)15-12-20(13-15)16(21)17-11-14-5-3-2-4-6-14/h2-6,15H,7-13H2,1H3,(H,17,21). The summed E-state index contributed by atoms with van der Waals surface area (Å²) in [4.78, 5) is 18.9. The minimum absolute atomic E-state index is 0.0595. The number of rotatable bonds is 3. The van der Waals surface area contributed by atoms with Crippen LogP contribution in [-0.4, -0.2) is 73.1 Å². The van der Waals surface area contributed by atoms with E-state index in [9.17, 15) is 4.79 Å². The molecule has 0 spiro atoms. The van der Waals surface area contributed by atoms with Crippen molar-refractivity contribution in [2.45, 2.75) is 12.6 Å². The van der Waals surface area contributed by atoms with E-state index in [4.69, 9.17) is 0 Å². The summed E-state index contributed by atoms with van der Waals surface area (Å²) in [6.45, 7) is 6.86. The van der Waals surface area contributed by atoms with Crippen LogP contribution in [0.4, 0.5) is 4.79 Å². The second kappa shape index (κ2) is 6.45. The number of amides is 2. The molecule has 3 rings (SSSR count). The third-order valence-electron chi connectivity index (χ3n) is 4.49. The van der Waals surface area contributed by atoms with Gasteiger partial charge in [-0.25, -0.2) is 4.79 Å². The Morgan fingerprint density at radius 1 is 1.14 bits per heavy atom. The van der Waals surface area contributed by atoms with Gasteiger partial charge in [-0.05, 0) is 12.6 Å². The maximum absolute atomic E-state index is 12.1. The quantitative estimate of drug-likeness (QED) is 0.895. The van der Waals surface area contributed by atoms with Crippen LogP contribution in [0.15, 0.2) is 30.3 Å². The van der Waals surface area contributed by atoms with Gasteiger partial charge in [0.2, 0.25) is 0 Å². The van der Waals surface area contributed by atoms with Gasteiger partial charge < -0.3 is 15.1 Å². The average molecular weight is 288 g/mol. The van der Waals surface area contributed by atoms with Gasteiger partial charge in [0, 0.05) is 51.9 Å². The van der Waals surface area contributed by atoms with Gasteiger partial charge in [-0.2, -0.15) is 0 Å². The van der Waals surface area contributed by atoms with Crippen LogP contribution in [0, 0.1) is 0 Å². The Morgan fingerprint density at radius 2 is 1.81 bits per heavy atom. The van der Waals surface area contributed by atoms with Gasteiger partial charge in [-0.15, -0.1) is 0 Å². The highest BCUT2D eigenvalue weighted by atomic mass is 16.2. The SMILES string of the molecule is CN1CCN(C2CN(C(=O)NCc3ccccc3)C2)CC1. The molecule has 2 saturated heterocycles. The van der Waals surface area contributed by atoms with Gasteiger partial charge in [0.25, 0.3) is 0 Å². The van der Waals surface area contributed by atoms with Crippen molar-refractivity contribution in [3.63, 3.8) is 0 Å². The first-order valence-electron chi connectivity index (χ1n) is 7.71. The molecule has 1 N–H and O–H groups in total. The summed E-state index contributed by atoms with van der Waals surface area (Å²) < 4.78 is 0. The van der Waals surface area contributed by atoms with Crippen molar-refractivity contribution in [2.24, 2.45) is 0 Å². The molecule has 0 radical (unpaired) electrons. The molecule has 2 heterocycles. The summed E-state index contributed by atoms with van der Waals surface area (Å²) in [5.41, 5.74) is 1.14. The predicted octanol–water partition coefficient (Wildman–Crippen LogP) is 0.828. The van der Waals surface area contributed by atoms with Gasteiger partial charge in [0.05, 0.1) is 0 Å². The molecule has 5 heteroatoms. The van der Waals surface area contributed by atoms with Gasteiger partial charge in [-0.1, -0.05) is 30.3 Å². The molecule has 2 aliphatic heterocycles. The van der Waals surface area contributed by atoms with E-state index in [2.05, 4.69) is 22.2 Å². The number of piperazine rings is 1. The zero-order valence-electron chi connectivity index (χ0n) is 12.7. The first-order chi connectivity index (χ1) is 10.2. The molecule has 0 aromatic heterocycles. The number of likely N-dealkylation sites (tertiary alicyclic amines) is 1. The Labute approximate surface area is 126 Å². The predicted molar refractivity (Wildman–Crippen MR) is 83.1 cm³/mol. The highest BCUT2D eigenvalue weighted by Gasteiger charge is 2.35. The van der Waals surface area contributed by atoms with Gasteiger partial charge in [0.15, 0.2) is 0 Å². The Bertz CT molecular complexity index is 464. The third-order valence-corrected chi connectivity index (χ3v) is 4.49. The molecule has 5 nitrogen and oxygen atoms in total. The normalized spacial score (nSPS) is 21.1. The van der Waals surface area contributed by atoms with Crippen LogP contribution in [0.5, 0.6) is 0 Å². The molecule has 2 amide bonds. The summed E-state index contributed by atoms with van der Waals surface area (Å²) >= 11 is 0. The molecule has 1 aromatic rings. The number of carbonyl (C=O) groups excluding carboxylic acids is 1. The van der Waals surface area contributed by atoms with E-state index in [0.29, 0.717) is 12.6 Å². The van der Waals surface area contributed by atoms with Crippen LogP contribution in [0.3, 0.4) is 0 Å². The highest BCUT2D eigenvalue weighted by Crippen LogP contribution is 2.16. The first-order valence-corrected chi connectivity index (χ1v) is 7.71. The van der Waals surface area contributed by atoms with Crippen LogP contribution in [0.2, 0.25) is 0 Å². The third kappa shape index (κ3) is 3.54. The summed E-state index contributed by atoms with van der Waals surface area (Å²) in [6, 6.07) is 10.7. The summed E-state index contributed by atoms with van der Waals surface area (Å²) in [7, 11) is 2.17. The lowest BCUT2D eigenvalue weighted by Gasteiger charge is -2.47. The summed E-state index contributed by atoms with van der Waals surface area (Å²) in [6.07, 6.45) is 0. The number of nitrogens with one attached hydrogen (secondary N) is 1. The molecule has 1 aromatic carbocycles. The molecule has 2 aliphatic rings. The van der Waals surface area contributed by atoms with Gasteiger partial charge in [-0.3, -0.25) is 4.90 Å². The Balaban J connectivity index is 1.38. The maximum Gasteiger partial charge on any atom is 0.317 e. The lowest BCUT2D eigenvalue weighted by atomic mass is 10.1. The zero-order valence-corrected chi connectivity index (χ0v) is 12.7. The van der Waals surface area contributed by atoms with Gasteiger partial charge >= 0.3 is 6.03 Å². The van der Waals surface area contributed by atoms with Crippen molar-refractivity contribution in [1.82, 2.24) is 20.0 Å². The van der Waals surface area contributed by atoms with Crippen LogP contribution < -0.4 is 5.32 Å². The topological polar surface area (TPSA) is 38.8 Å². The van der Waals surface area contributed by atoms with E-state index in [-0.39, 0.29) is 6.03 Å². The zero-order chi connectivity index (χ0) is 14.7. The van der Waals surface area contributed by atoms with Crippen molar-refractivity contribution in [3.8, 4) is 0 Å². The number of hydrogen-bond donors (Lipinski definition) is 1. The first kappa shape index (κ1) is 14.4. The summed E-state index contributed by atoms with van der Waals surface area (Å²) in [5, 5.41) is 2.99. The lowest BCUT2D eigenvalue weighted by molar-refractivity contribution is 0.0285. The van der Waals surface area contributed by atoms with Crippen LogP contribution in [-0.2, 0) is 6.54 Å². The van der Waals surface area contributed by atoms with Crippen LogP contribution >= 0.6 is 0 Å². The Kier molecular flexibility index (Phi) is 4.41. The fourth-order valence-electron chi connectivity index (χ4n) is 2.92. The highest BCUT2D eigenvalue weighted by molar-refractivity contribution is 5.75. The molecule has 0 saturated carbocycles. The molecule has 2 fully saturated rings. The molecule has 21 heavy (non-hydrogen) atoms. The molecular formula is C16H24N4O. The number of likely N-dealkylation sites (N-methyl/N-ethyl adjacent to an activating group) is 1. The van der Waals surface area contributed by atoms with Crippen LogP contribution in [0.1, 0.15) is 5.56 Å².